The summed E-state index contributed by atoms with van der Waals surface area (Å²) in [6.07, 6.45) is 5.45. The molecule has 4 heterocycles. The Bertz CT molecular complexity index is 6240. The highest BCUT2D eigenvalue weighted by Crippen LogP contribution is 2.65. The Kier molecular flexibility index (Phi) is 13.2. The first-order valence-electron chi connectivity index (χ1n) is 35.9. The van der Waals surface area contributed by atoms with Crippen molar-refractivity contribution < 1.29 is 9.47 Å². The molecule has 0 radical (unpaired) electrons. The van der Waals surface area contributed by atoms with E-state index in [9.17, 15) is 0 Å². The van der Waals surface area contributed by atoms with Gasteiger partial charge in [-0.15, -0.1) is 0 Å². The van der Waals surface area contributed by atoms with Crippen LogP contribution in [0.1, 0.15) is 80.6 Å². The standard InChI is InChI=1S/C50H34N2O.C48H30N2O/c1-49(2)38-21-9-6-17-33(38)36-28-27-32(29-43(36)49)45-30-44(31-15-4-3-5-16-31)51-48(52-45)37-20-14-25-42-47(37)53-46-26-13-12-24-41(46)50(42)39-22-10-7-18-34(39)35-19-8-11-23-40(35)50;1-2-13-30(14-3-1)42-29-43(34-27-32-17-10-15-31-16-11-18-33(28-34)45(31)32)50-47(49-42)37-21-12-25-41-46(37)51-44-26-9-8-24-40(44)48(41)38-22-6-4-19-35(38)36-20-5-7-23-39(36)48/h3-30H,1-2H3;1-15,17-29H,16H2. The van der Waals surface area contributed by atoms with E-state index < -0.39 is 10.8 Å². The van der Waals surface area contributed by atoms with E-state index in [0.29, 0.717) is 11.6 Å². The van der Waals surface area contributed by atoms with Crippen LogP contribution in [0.25, 0.3) is 118 Å². The highest BCUT2D eigenvalue weighted by atomic mass is 16.5. The molecule has 0 fully saturated rings. The SMILES string of the molecule is C1=Cc2cc(-c3cc(-c4ccccc4)nc(-c4cccc5c4Oc4ccccc4C54c5ccccc5-c5ccccc54)n3)cc3cccc(c23)C1.CC1(C)c2ccccc2-c2ccc(-c3cc(-c4ccccc4)nc(-c4cccc5c4Oc4ccccc4C54c5ccccc5-c5ccccc54)n3)cc21. The molecule has 0 saturated heterocycles. The summed E-state index contributed by atoms with van der Waals surface area (Å²) < 4.78 is 14.0. The minimum atomic E-state index is -0.562. The van der Waals surface area contributed by atoms with Crippen molar-refractivity contribution in [3.05, 3.63) is 400 Å². The first-order chi connectivity index (χ1) is 51.3. The number of hydrogen-bond acceptors (Lipinski definition) is 6. The molecule has 2 aromatic heterocycles. The zero-order valence-electron chi connectivity index (χ0n) is 57.1. The summed E-state index contributed by atoms with van der Waals surface area (Å²) in [5, 5.41) is 2.55. The number of para-hydroxylation sites is 4. The van der Waals surface area contributed by atoms with Crippen molar-refractivity contribution in [2.45, 2.75) is 36.5 Å². The van der Waals surface area contributed by atoms with E-state index >= 15 is 0 Å². The van der Waals surface area contributed by atoms with Crippen molar-refractivity contribution in [1.29, 1.82) is 0 Å². The molecular weight excluding hydrogens is 1270 g/mol. The number of hydrogen-bond donors (Lipinski definition) is 0. The van der Waals surface area contributed by atoms with Gasteiger partial charge in [0, 0.05) is 49.9 Å². The molecule has 104 heavy (non-hydrogen) atoms. The van der Waals surface area contributed by atoms with Crippen molar-refractivity contribution in [1.82, 2.24) is 19.9 Å². The summed E-state index contributed by atoms with van der Waals surface area (Å²) in [6, 6.07) is 117. The van der Waals surface area contributed by atoms with Crippen LogP contribution in [0.2, 0.25) is 0 Å². The Balaban J connectivity index is 0.000000134. The molecule has 6 aliphatic rings. The van der Waals surface area contributed by atoms with E-state index in [0.717, 1.165) is 108 Å². The molecule has 22 rings (SSSR count). The lowest BCUT2D eigenvalue weighted by Crippen LogP contribution is -2.32. The summed E-state index contributed by atoms with van der Waals surface area (Å²) in [5.41, 5.74) is 30.6. The quantitative estimate of drug-likeness (QED) is 0.165. The van der Waals surface area contributed by atoms with Crippen molar-refractivity contribution in [3.8, 4) is 124 Å². The van der Waals surface area contributed by atoms with Crippen LogP contribution >= 0.6 is 0 Å². The molecule has 2 aliphatic heterocycles. The lowest BCUT2D eigenvalue weighted by Gasteiger charge is -2.39. The maximum absolute atomic E-state index is 7.01. The second kappa shape index (κ2) is 22.9. The molecule has 0 saturated carbocycles. The number of ether oxygens (including phenoxy) is 2. The summed E-state index contributed by atoms with van der Waals surface area (Å²) in [4.78, 5) is 21.4. The second-order valence-electron chi connectivity index (χ2n) is 28.5. The third kappa shape index (κ3) is 8.69. The number of rotatable bonds is 6. The fourth-order valence-electron chi connectivity index (χ4n) is 18.2. The fraction of sp³-hybridized carbons (Fsp3) is 0.0612. The van der Waals surface area contributed by atoms with Gasteiger partial charge in [-0.05, 0) is 150 Å². The van der Waals surface area contributed by atoms with Crippen molar-refractivity contribution in [3.63, 3.8) is 0 Å². The van der Waals surface area contributed by atoms with E-state index in [4.69, 9.17) is 29.4 Å². The van der Waals surface area contributed by atoms with Gasteiger partial charge in [-0.1, -0.05) is 299 Å². The van der Waals surface area contributed by atoms with Crippen LogP contribution in [0.4, 0.5) is 0 Å². The minimum absolute atomic E-state index is 0.123. The van der Waals surface area contributed by atoms with Crippen molar-refractivity contribution >= 4 is 16.8 Å². The number of allylic oxidation sites excluding steroid dienone is 1. The van der Waals surface area contributed by atoms with E-state index in [1.54, 1.807) is 0 Å². The maximum Gasteiger partial charge on any atom is 0.164 e. The van der Waals surface area contributed by atoms with Gasteiger partial charge in [0.1, 0.15) is 23.0 Å². The van der Waals surface area contributed by atoms with Crippen LogP contribution in [0, 0.1) is 0 Å². The molecule has 0 N–H and O–H groups in total. The number of benzene rings is 14. The predicted octanol–water partition coefficient (Wildman–Crippen LogP) is 23.9. The van der Waals surface area contributed by atoms with Gasteiger partial charge in [0.25, 0.3) is 0 Å². The van der Waals surface area contributed by atoms with Gasteiger partial charge in [-0.25, -0.2) is 19.9 Å². The van der Waals surface area contributed by atoms with Gasteiger partial charge < -0.3 is 9.47 Å². The molecule has 16 aromatic rings. The molecular formula is C98H64N4O2. The minimum Gasteiger partial charge on any atom is -0.456 e. The van der Waals surface area contributed by atoms with Crippen LogP contribution < -0.4 is 9.47 Å². The average molecular weight is 1330 g/mol. The third-order valence-corrected chi connectivity index (χ3v) is 22.7. The van der Waals surface area contributed by atoms with Crippen LogP contribution in [-0.4, -0.2) is 19.9 Å². The molecule has 14 aromatic carbocycles. The van der Waals surface area contributed by atoms with Gasteiger partial charge in [0.2, 0.25) is 0 Å². The van der Waals surface area contributed by atoms with E-state index in [-0.39, 0.29) is 5.41 Å². The van der Waals surface area contributed by atoms with Gasteiger partial charge in [0.15, 0.2) is 11.6 Å². The second-order valence-corrected chi connectivity index (χ2v) is 28.5. The van der Waals surface area contributed by atoms with Crippen molar-refractivity contribution in [2.75, 3.05) is 0 Å². The summed E-state index contributed by atoms with van der Waals surface area (Å²) in [6.45, 7) is 4.64. The molecule has 0 amide bonds. The number of aromatic nitrogens is 4. The molecule has 2 spiro atoms. The molecule has 6 heteroatoms. The highest BCUT2D eigenvalue weighted by Gasteiger charge is 2.53. The molecule has 0 bridgehead atoms. The number of fused-ring (bicyclic) bond motifs is 21. The fourth-order valence-corrected chi connectivity index (χ4v) is 18.2. The Morgan fingerprint density at radius 1 is 0.279 bits per heavy atom. The van der Waals surface area contributed by atoms with Gasteiger partial charge in [-0.2, -0.15) is 0 Å². The first kappa shape index (κ1) is 59.7. The highest BCUT2D eigenvalue weighted by molar-refractivity contribution is 5.99. The van der Waals surface area contributed by atoms with Gasteiger partial charge in [0.05, 0.1) is 44.7 Å². The summed E-state index contributed by atoms with van der Waals surface area (Å²) >= 11 is 0. The molecule has 6 nitrogen and oxygen atoms in total. The Morgan fingerprint density at radius 3 is 1.16 bits per heavy atom. The average Bonchev–Trinajstić information content (AvgIpc) is 1.47. The lowest BCUT2D eigenvalue weighted by molar-refractivity contribution is 0.437. The smallest absolute Gasteiger partial charge is 0.164 e. The van der Waals surface area contributed by atoms with Crippen LogP contribution in [0.15, 0.2) is 334 Å². The molecule has 488 valence electrons. The molecule has 0 atom stereocenters. The summed E-state index contributed by atoms with van der Waals surface area (Å²) in [5.74, 6) is 4.54. The Hall–Kier alpha value is -13.2. The van der Waals surface area contributed by atoms with Crippen LogP contribution in [-0.2, 0) is 22.7 Å². The Labute approximate surface area is 603 Å². The zero-order valence-corrected chi connectivity index (χ0v) is 57.1. The van der Waals surface area contributed by atoms with Crippen LogP contribution in [0.5, 0.6) is 23.0 Å². The monoisotopic (exact) mass is 1330 g/mol. The molecule has 0 unspecified atom stereocenters. The Morgan fingerprint density at radius 2 is 0.663 bits per heavy atom. The van der Waals surface area contributed by atoms with E-state index in [2.05, 4.69) is 341 Å². The molecule has 4 aliphatic carbocycles. The lowest BCUT2D eigenvalue weighted by atomic mass is 9.66. The first-order valence-corrected chi connectivity index (χ1v) is 35.9. The van der Waals surface area contributed by atoms with Crippen molar-refractivity contribution in [2.24, 2.45) is 0 Å². The van der Waals surface area contributed by atoms with E-state index in [1.165, 1.54) is 88.7 Å². The van der Waals surface area contributed by atoms with Gasteiger partial charge >= 0.3 is 0 Å². The summed E-state index contributed by atoms with van der Waals surface area (Å²) in [7, 11) is 0. The topological polar surface area (TPSA) is 70.0 Å². The normalized spacial score (nSPS) is 14.4. The largest absolute Gasteiger partial charge is 0.456 e. The van der Waals surface area contributed by atoms with Gasteiger partial charge in [-0.3, -0.25) is 0 Å². The van der Waals surface area contributed by atoms with Crippen LogP contribution in [0.3, 0.4) is 0 Å². The number of nitrogens with zero attached hydrogens (tertiary/aromatic N) is 4. The third-order valence-electron chi connectivity index (χ3n) is 22.7. The predicted molar refractivity (Wildman–Crippen MR) is 419 cm³/mol. The van der Waals surface area contributed by atoms with E-state index in [1.807, 2.05) is 12.1 Å². The maximum atomic E-state index is 7.01. The zero-order chi connectivity index (χ0) is 68.8.